The van der Waals surface area contributed by atoms with Crippen LogP contribution in [0.2, 0.25) is 0 Å². The summed E-state index contributed by atoms with van der Waals surface area (Å²) >= 11 is 0. The molecule has 0 aliphatic rings. The van der Waals surface area contributed by atoms with Gasteiger partial charge in [0.25, 0.3) is 0 Å². The maximum atomic E-state index is 9.42. The largest absolute Gasteiger partial charge is 0.467 e. The molecule has 0 aliphatic carbocycles. The molecule has 1 atom stereocenters. The van der Waals surface area contributed by atoms with Gasteiger partial charge in [-0.3, -0.25) is 5.32 Å². The van der Waals surface area contributed by atoms with Crippen LogP contribution >= 0.6 is 0 Å². The number of nitrogens with zero attached hydrogens (tertiary/aromatic N) is 2. The summed E-state index contributed by atoms with van der Waals surface area (Å²) in [5.74, 6) is 1.44. The molecule has 0 aromatic carbocycles. The van der Waals surface area contributed by atoms with E-state index in [1.807, 2.05) is 23.9 Å². The molecule has 0 saturated heterocycles. The molecule has 0 radical (unpaired) electrons. The van der Waals surface area contributed by atoms with Crippen molar-refractivity contribution in [2.75, 3.05) is 13.2 Å². The van der Waals surface area contributed by atoms with Crippen LogP contribution in [0.25, 0.3) is 0 Å². The van der Waals surface area contributed by atoms with Crippen molar-refractivity contribution in [3.05, 3.63) is 42.4 Å². The molecule has 2 rings (SSSR count). The zero-order valence-corrected chi connectivity index (χ0v) is 11.1. The van der Waals surface area contributed by atoms with E-state index in [1.54, 1.807) is 25.5 Å². The lowest BCUT2D eigenvalue weighted by Gasteiger charge is -2.30. The number of aromatic nitrogens is 2. The Balaban J connectivity index is 2.34. The Morgan fingerprint density at radius 2 is 2.21 bits per heavy atom. The number of rotatable bonds is 6. The van der Waals surface area contributed by atoms with Crippen LogP contribution < -0.4 is 5.32 Å². The van der Waals surface area contributed by atoms with Gasteiger partial charge in [-0.15, -0.1) is 0 Å². The van der Waals surface area contributed by atoms with Gasteiger partial charge in [0, 0.05) is 19.4 Å². The van der Waals surface area contributed by atoms with Gasteiger partial charge in [0.2, 0.25) is 0 Å². The van der Waals surface area contributed by atoms with E-state index in [0.29, 0.717) is 5.76 Å². The smallest absolute Gasteiger partial charge is 0.133 e. The van der Waals surface area contributed by atoms with Gasteiger partial charge in [-0.25, -0.2) is 4.98 Å². The van der Waals surface area contributed by atoms with Crippen molar-refractivity contribution in [3.63, 3.8) is 0 Å². The monoisotopic (exact) mass is 265 g/mol. The Morgan fingerprint density at radius 1 is 1.47 bits per heavy atom. The van der Waals surface area contributed by atoms with E-state index in [9.17, 15) is 10.2 Å². The van der Waals surface area contributed by atoms with E-state index in [1.165, 1.54) is 0 Å². The van der Waals surface area contributed by atoms with E-state index >= 15 is 0 Å². The second-order valence-electron chi connectivity index (χ2n) is 4.87. The fourth-order valence-electron chi connectivity index (χ4n) is 1.86. The van der Waals surface area contributed by atoms with Crippen LogP contribution in [0.5, 0.6) is 0 Å². The van der Waals surface area contributed by atoms with Crippen molar-refractivity contribution in [3.8, 4) is 0 Å². The van der Waals surface area contributed by atoms with Crippen molar-refractivity contribution in [2.24, 2.45) is 7.05 Å². The molecule has 0 fully saturated rings. The number of imidazole rings is 1. The Labute approximate surface area is 111 Å². The topological polar surface area (TPSA) is 83.5 Å². The molecule has 3 N–H and O–H groups in total. The van der Waals surface area contributed by atoms with Gasteiger partial charge in [-0.05, 0) is 19.1 Å². The van der Waals surface area contributed by atoms with Crippen molar-refractivity contribution in [1.82, 2.24) is 14.9 Å². The molecular formula is C13H19N3O3. The predicted octanol–water partition coefficient (Wildman–Crippen LogP) is 0.435. The first-order chi connectivity index (χ1) is 9.09. The minimum absolute atomic E-state index is 0.189. The maximum absolute atomic E-state index is 9.42. The van der Waals surface area contributed by atoms with Gasteiger partial charge >= 0.3 is 0 Å². The highest BCUT2D eigenvalue weighted by Gasteiger charge is 2.30. The van der Waals surface area contributed by atoms with E-state index in [2.05, 4.69) is 10.3 Å². The molecule has 0 aliphatic heterocycles. The summed E-state index contributed by atoms with van der Waals surface area (Å²) in [7, 11) is 1.88. The van der Waals surface area contributed by atoms with Crippen LogP contribution in [0.1, 0.15) is 24.6 Å². The zero-order valence-electron chi connectivity index (χ0n) is 11.1. The number of aliphatic hydroxyl groups excluding tert-OH is 2. The average molecular weight is 265 g/mol. The Hall–Kier alpha value is -1.63. The number of aryl methyl sites for hydroxylation is 1. The van der Waals surface area contributed by atoms with Crippen molar-refractivity contribution in [2.45, 2.75) is 18.5 Å². The fraction of sp³-hybridized carbons (Fsp3) is 0.462. The third kappa shape index (κ3) is 2.86. The third-order valence-corrected chi connectivity index (χ3v) is 3.14. The molecule has 2 aromatic heterocycles. The lowest BCUT2D eigenvalue weighted by molar-refractivity contribution is 0.0943. The first kappa shape index (κ1) is 13.8. The van der Waals surface area contributed by atoms with Gasteiger partial charge in [0.1, 0.15) is 17.6 Å². The van der Waals surface area contributed by atoms with Crippen molar-refractivity contribution < 1.29 is 14.6 Å². The first-order valence-electron chi connectivity index (χ1n) is 6.09. The lowest BCUT2D eigenvalue weighted by atomic mass is 10.0. The van der Waals surface area contributed by atoms with E-state index < -0.39 is 5.54 Å². The number of furan rings is 1. The van der Waals surface area contributed by atoms with Gasteiger partial charge < -0.3 is 19.2 Å². The van der Waals surface area contributed by atoms with Crippen molar-refractivity contribution in [1.29, 1.82) is 0 Å². The molecule has 0 spiro atoms. The van der Waals surface area contributed by atoms with Gasteiger partial charge in [0.05, 0.1) is 25.0 Å². The van der Waals surface area contributed by atoms with Crippen LogP contribution in [0, 0.1) is 0 Å². The summed E-state index contributed by atoms with van der Waals surface area (Å²) in [6, 6.07) is 3.29. The molecule has 104 valence electrons. The number of nitrogens with one attached hydrogen (secondary N) is 1. The number of hydrogen-bond donors (Lipinski definition) is 3. The van der Waals surface area contributed by atoms with Crippen LogP contribution in [-0.2, 0) is 7.05 Å². The molecule has 2 aromatic rings. The molecule has 19 heavy (non-hydrogen) atoms. The van der Waals surface area contributed by atoms with Crippen LogP contribution in [0.15, 0.2) is 35.2 Å². The third-order valence-electron chi connectivity index (χ3n) is 3.14. The van der Waals surface area contributed by atoms with E-state index in [4.69, 9.17) is 4.42 Å². The fourth-order valence-corrected chi connectivity index (χ4v) is 1.86. The maximum Gasteiger partial charge on any atom is 0.133 e. The number of hydrogen-bond acceptors (Lipinski definition) is 5. The molecule has 1 unspecified atom stereocenters. The Kier molecular flexibility index (Phi) is 4.04. The second-order valence-corrected chi connectivity index (χ2v) is 4.87. The first-order valence-corrected chi connectivity index (χ1v) is 6.09. The van der Waals surface area contributed by atoms with Crippen molar-refractivity contribution >= 4 is 0 Å². The molecular weight excluding hydrogens is 246 g/mol. The predicted molar refractivity (Wildman–Crippen MR) is 69.5 cm³/mol. The highest BCUT2D eigenvalue weighted by Crippen LogP contribution is 2.23. The van der Waals surface area contributed by atoms with Gasteiger partial charge in [0.15, 0.2) is 0 Å². The zero-order chi connectivity index (χ0) is 13.9. The Bertz CT molecular complexity index is 503. The summed E-state index contributed by atoms with van der Waals surface area (Å²) in [6.45, 7) is 1.36. The van der Waals surface area contributed by atoms with E-state index in [-0.39, 0.29) is 19.3 Å². The SMILES string of the molecule is Cn1ccnc1C(NC(C)(CO)CO)c1ccco1. The normalized spacial score (nSPS) is 13.7. The highest BCUT2D eigenvalue weighted by molar-refractivity contribution is 5.17. The molecule has 6 heteroatoms. The quantitative estimate of drug-likeness (QED) is 0.705. The summed E-state index contributed by atoms with van der Waals surface area (Å²) in [5.41, 5.74) is -0.816. The summed E-state index contributed by atoms with van der Waals surface area (Å²) in [6.07, 6.45) is 5.12. The van der Waals surface area contributed by atoms with E-state index in [0.717, 1.165) is 5.82 Å². The minimum atomic E-state index is -0.816. The molecule has 6 nitrogen and oxygen atoms in total. The standard InChI is InChI=1S/C13H19N3O3/c1-13(8-17,9-18)15-11(10-4-3-7-19-10)12-14-5-6-16(12)2/h3-7,11,15,17-18H,8-9H2,1-2H3. The highest BCUT2D eigenvalue weighted by atomic mass is 16.3. The summed E-state index contributed by atoms with van der Waals surface area (Å²) in [5, 5.41) is 22.0. The lowest BCUT2D eigenvalue weighted by Crippen LogP contribution is -2.51. The summed E-state index contributed by atoms with van der Waals surface area (Å²) < 4.78 is 7.30. The van der Waals surface area contributed by atoms with Crippen LogP contribution in [0.3, 0.4) is 0 Å². The second kappa shape index (κ2) is 5.56. The van der Waals surface area contributed by atoms with Crippen LogP contribution in [0.4, 0.5) is 0 Å². The average Bonchev–Trinajstić information content (AvgIpc) is 3.07. The molecule has 0 bridgehead atoms. The molecule has 0 saturated carbocycles. The number of aliphatic hydroxyl groups is 2. The molecule has 0 amide bonds. The minimum Gasteiger partial charge on any atom is -0.467 e. The Morgan fingerprint density at radius 3 is 2.68 bits per heavy atom. The van der Waals surface area contributed by atoms with Crippen LogP contribution in [-0.4, -0.2) is 38.5 Å². The van der Waals surface area contributed by atoms with Gasteiger partial charge in [-0.2, -0.15) is 0 Å². The summed E-state index contributed by atoms with van der Waals surface area (Å²) in [4.78, 5) is 4.30. The van der Waals surface area contributed by atoms with Gasteiger partial charge in [-0.1, -0.05) is 0 Å². The molecule has 2 heterocycles.